The Morgan fingerprint density at radius 2 is 1.81 bits per heavy atom. The van der Waals surface area contributed by atoms with Gasteiger partial charge in [-0.2, -0.15) is 0 Å². The van der Waals surface area contributed by atoms with Gasteiger partial charge in [0.1, 0.15) is 0 Å². The van der Waals surface area contributed by atoms with Crippen LogP contribution >= 0.6 is 0 Å². The van der Waals surface area contributed by atoms with Crippen molar-refractivity contribution in [1.29, 1.82) is 0 Å². The van der Waals surface area contributed by atoms with Crippen LogP contribution in [0.25, 0.3) is 0 Å². The van der Waals surface area contributed by atoms with Crippen molar-refractivity contribution in [3.8, 4) is 0 Å². The SMILES string of the molecule is CCC(C)c1ccc(NC(C)(C)CN)cc1. The fraction of sp³-hybridized carbons (Fsp3) is 0.571. The Balaban J connectivity index is 2.72. The van der Waals surface area contributed by atoms with Crippen molar-refractivity contribution in [3.63, 3.8) is 0 Å². The van der Waals surface area contributed by atoms with Crippen LogP contribution in [-0.4, -0.2) is 12.1 Å². The number of rotatable bonds is 5. The summed E-state index contributed by atoms with van der Waals surface area (Å²) >= 11 is 0. The molecule has 1 rings (SSSR count). The molecule has 0 saturated carbocycles. The van der Waals surface area contributed by atoms with E-state index in [2.05, 4.69) is 57.3 Å². The monoisotopic (exact) mass is 220 g/mol. The molecule has 2 nitrogen and oxygen atoms in total. The van der Waals surface area contributed by atoms with Crippen LogP contribution in [0.4, 0.5) is 5.69 Å². The lowest BCUT2D eigenvalue weighted by Crippen LogP contribution is -2.39. The lowest BCUT2D eigenvalue weighted by molar-refractivity contribution is 0.580. The first-order valence-corrected chi connectivity index (χ1v) is 6.06. The van der Waals surface area contributed by atoms with E-state index in [-0.39, 0.29) is 5.54 Å². The minimum absolute atomic E-state index is 0.0438. The molecule has 0 fully saturated rings. The smallest absolute Gasteiger partial charge is 0.0439 e. The molecule has 1 unspecified atom stereocenters. The molecular formula is C14H24N2. The first-order chi connectivity index (χ1) is 7.48. The Morgan fingerprint density at radius 3 is 2.25 bits per heavy atom. The molecule has 0 amide bonds. The predicted octanol–water partition coefficient (Wildman–Crippen LogP) is 3.35. The fourth-order valence-corrected chi connectivity index (χ4v) is 1.57. The quantitative estimate of drug-likeness (QED) is 0.798. The van der Waals surface area contributed by atoms with Crippen molar-refractivity contribution in [3.05, 3.63) is 29.8 Å². The van der Waals surface area contributed by atoms with Crippen LogP contribution in [-0.2, 0) is 0 Å². The molecule has 0 spiro atoms. The third kappa shape index (κ3) is 3.53. The highest BCUT2D eigenvalue weighted by Crippen LogP contribution is 2.21. The number of hydrogen-bond acceptors (Lipinski definition) is 2. The van der Waals surface area contributed by atoms with Crippen LogP contribution < -0.4 is 11.1 Å². The highest BCUT2D eigenvalue weighted by molar-refractivity contribution is 5.47. The summed E-state index contributed by atoms with van der Waals surface area (Å²) in [6.07, 6.45) is 1.18. The largest absolute Gasteiger partial charge is 0.379 e. The van der Waals surface area contributed by atoms with Gasteiger partial charge in [0.15, 0.2) is 0 Å². The summed E-state index contributed by atoms with van der Waals surface area (Å²) in [4.78, 5) is 0. The summed E-state index contributed by atoms with van der Waals surface area (Å²) in [6.45, 7) is 9.31. The Kier molecular flexibility index (Phi) is 4.36. The molecular weight excluding hydrogens is 196 g/mol. The van der Waals surface area contributed by atoms with Gasteiger partial charge in [0.05, 0.1) is 0 Å². The summed E-state index contributed by atoms with van der Waals surface area (Å²) < 4.78 is 0. The van der Waals surface area contributed by atoms with Gasteiger partial charge in [0.2, 0.25) is 0 Å². The Bertz CT molecular complexity index is 314. The van der Waals surface area contributed by atoms with Crippen LogP contribution in [0.2, 0.25) is 0 Å². The zero-order valence-electron chi connectivity index (χ0n) is 10.9. The molecule has 90 valence electrons. The van der Waals surface area contributed by atoms with Crippen LogP contribution in [0, 0.1) is 0 Å². The highest BCUT2D eigenvalue weighted by Gasteiger charge is 2.14. The minimum atomic E-state index is -0.0438. The standard InChI is InChI=1S/C14H24N2/c1-5-11(2)12-6-8-13(9-7-12)16-14(3,4)10-15/h6-9,11,16H,5,10,15H2,1-4H3. The van der Waals surface area contributed by atoms with Crippen molar-refractivity contribution in [2.45, 2.75) is 45.6 Å². The molecule has 1 atom stereocenters. The van der Waals surface area contributed by atoms with Crippen molar-refractivity contribution in [1.82, 2.24) is 0 Å². The fourth-order valence-electron chi connectivity index (χ4n) is 1.57. The summed E-state index contributed by atoms with van der Waals surface area (Å²) in [7, 11) is 0. The van der Waals surface area contributed by atoms with Gasteiger partial charge in [-0.05, 0) is 43.9 Å². The lowest BCUT2D eigenvalue weighted by atomic mass is 9.98. The van der Waals surface area contributed by atoms with Crippen molar-refractivity contribution in [2.24, 2.45) is 5.73 Å². The molecule has 3 N–H and O–H groups in total. The Labute approximate surface area is 99.2 Å². The van der Waals surface area contributed by atoms with Crippen LogP contribution in [0.1, 0.15) is 45.6 Å². The first-order valence-electron chi connectivity index (χ1n) is 6.06. The number of nitrogens with two attached hydrogens (primary N) is 1. The number of anilines is 1. The molecule has 16 heavy (non-hydrogen) atoms. The average Bonchev–Trinajstić information content (AvgIpc) is 2.28. The predicted molar refractivity (Wildman–Crippen MR) is 71.9 cm³/mol. The molecule has 0 bridgehead atoms. The van der Waals surface area contributed by atoms with Crippen molar-refractivity contribution >= 4 is 5.69 Å². The maximum Gasteiger partial charge on any atom is 0.0439 e. The minimum Gasteiger partial charge on any atom is -0.379 e. The summed E-state index contributed by atoms with van der Waals surface area (Å²) in [5, 5.41) is 3.43. The van der Waals surface area contributed by atoms with Crippen molar-refractivity contribution in [2.75, 3.05) is 11.9 Å². The molecule has 0 aliphatic rings. The Hall–Kier alpha value is -1.02. The summed E-state index contributed by atoms with van der Waals surface area (Å²) in [5.41, 5.74) is 8.19. The van der Waals surface area contributed by atoms with Gasteiger partial charge in [-0.3, -0.25) is 0 Å². The Morgan fingerprint density at radius 1 is 1.25 bits per heavy atom. The molecule has 0 heterocycles. The number of nitrogens with one attached hydrogen (secondary N) is 1. The first kappa shape index (κ1) is 13.0. The van der Waals surface area contributed by atoms with Gasteiger partial charge in [0, 0.05) is 17.8 Å². The van der Waals surface area contributed by atoms with E-state index in [9.17, 15) is 0 Å². The van der Waals surface area contributed by atoms with Crippen molar-refractivity contribution < 1.29 is 0 Å². The molecule has 0 aliphatic carbocycles. The van der Waals surface area contributed by atoms with E-state index in [0.29, 0.717) is 12.5 Å². The van der Waals surface area contributed by atoms with Crippen LogP contribution in [0.5, 0.6) is 0 Å². The maximum absolute atomic E-state index is 5.69. The van der Waals surface area contributed by atoms with E-state index in [0.717, 1.165) is 5.69 Å². The number of hydrogen-bond donors (Lipinski definition) is 2. The maximum atomic E-state index is 5.69. The zero-order chi connectivity index (χ0) is 12.2. The molecule has 0 radical (unpaired) electrons. The normalized spacial score (nSPS) is 13.6. The van der Waals surface area contributed by atoms with E-state index in [1.165, 1.54) is 12.0 Å². The van der Waals surface area contributed by atoms with E-state index < -0.39 is 0 Å². The molecule has 2 heteroatoms. The van der Waals surface area contributed by atoms with Gasteiger partial charge >= 0.3 is 0 Å². The average molecular weight is 220 g/mol. The molecule has 0 aliphatic heterocycles. The topological polar surface area (TPSA) is 38.0 Å². The second-order valence-corrected chi connectivity index (χ2v) is 5.14. The summed E-state index contributed by atoms with van der Waals surface area (Å²) in [5.74, 6) is 0.636. The molecule has 0 aromatic heterocycles. The van der Waals surface area contributed by atoms with Crippen LogP contribution in [0.15, 0.2) is 24.3 Å². The summed E-state index contributed by atoms with van der Waals surface area (Å²) in [6, 6.07) is 8.67. The lowest BCUT2D eigenvalue weighted by Gasteiger charge is -2.25. The number of benzene rings is 1. The molecule has 1 aromatic carbocycles. The molecule has 1 aromatic rings. The zero-order valence-corrected chi connectivity index (χ0v) is 10.9. The van der Waals surface area contributed by atoms with Crippen LogP contribution in [0.3, 0.4) is 0 Å². The molecule has 0 saturated heterocycles. The van der Waals surface area contributed by atoms with E-state index in [1.807, 2.05) is 0 Å². The second kappa shape index (κ2) is 5.35. The highest BCUT2D eigenvalue weighted by atomic mass is 15.0. The van der Waals surface area contributed by atoms with Gasteiger partial charge in [-0.25, -0.2) is 0 Å². The second-order valence-electron chi connectivity index (χ2n) is 5.14. The van der Waals surface area contributed by atoms with Gasteiger partial charge in [0.25, 0.3) is 0 Å². The van der Waals surface area contributed by atoms with Gasteiger partial charge < -0.3 is 11.1 Å². The third-order valence-corrected chi connectivity index (χ3v) is 3.09. The van der Waals surface area contributed by atoms with E-state index in [1.54, 1.807) is 0 Å². The van der Waals surface area contributed by atoms with E-state index in [4.69, 9.17) is 5.73 Å². The third-order valence-electron chi connectivity index (χ3n) is 3.09. The van der Waals surface area contributed by atoms with Gasteiger partial charge in [-0.1, -0.05) is 26.0 Å². The van der Waals surface area contributed by atoms with Gasteiger partial charge in [-0.15, -0.1) is 0 Å². The van der Waals surface area contributed by atoms with E-state index >= 15 is 0 Å².